The first-order chi connectivity index (χ1) is 17.1. The molecule has 36 heavy (non-hydrogen) atoms. The molecule has 0 saturated carbocycles. The summed E-state index contributed by atoms with van der Waals surface area (Å²) in [7, 11) is 0. The molecule has 0 N–H and O–H groups in total. The quantitative estimate of drug-likeness (QED) is 0.248. The number of benzene rings is 2. The lowest BCUT2D eigenvalue weighted by atomic mass is 9.96. The lowest BCUT2D eigenvalue weighted by molar-refractivity contribution is -0.139. The standard InChI is InChI=1S/C26H23BrClIN2O4S/c1-5-34-25(33)21-14(4)30-26-31(22(21)16-8-6-7-9-18(16)28)24(32)20(36-26)12-15-10-17(27)23(19(29)11-15)35-13(2)3/h6-13,22H,5H2,1-4H3/b20-12-/t22-/m1/s1. The van der Waals surface area contributed by atoms with Gasteiger partial charge in [-0.1, -0.05) is 41.1 Å². The van der Waals surface area contributed by atoms with Gasteiger partial charge in [0.1, 0.15) is 11.8 Å². The average Bonchev–Trinajstić information content (AvgIpc) is 3.10. The summed E-state index contributed by atoms with van der Waals surface area (Å²) in [6.07, 6.45) is 1.86. The third kappa shape index (κ3) is 5.34. The zero-order chi connectivity index (χ0) is 26.1. The highest BCUT2D eigenvalue weighted by Gasteiger charge is 2.34. The molecule has 188 valence electrons. The number of rotatable bonds is 6. The molecular formula is C26H23BrClIN2O4S. The molecule has 1 aromatic heterocycles. The molecular weight excluding hydrogens is 679 g/mol. The third-order valence-corrected chi connectivity index (χ3v) is 8.11. The van der Waals surface area contributed by atoms with Crippen LogP contribution >= 0.6 is 61.5 Å². The summed E-state index contributed by atoms with van der Waals surface area (Å²) in [5.41, 5.74) is 2.02. The Kier molecular flexibility index (Phi) is 8.43. The van der Waals surface area contributed by atoms with Crippen LogP contribution in [0.15, 0.2) is 61.9 Å². The number of ether oxygens (including phenoxy) is 2. The van der Waals surface area contributed by atoms with Gasteiger partial charge in [0.05, 0.1) is 36.6 Å². The van der Waals surface area contributed by atoms with Crippen LogP contribution in [0, 0.1) is 3.57 Å². The minimum absolute atomic E-state index is 0.0333. The second kappa shape index (κ2) is 11.2. The molecule has 2 heterocycles. The maximum Gasteiger partial charge on any atom is 0.338 e. The van der Waals surface area contributed by atoms with Gasteiger partial charge < -0.3 is 9.47 Å². The van der Waals surface area contributed by atoms with Crippen molar-refractivity contribution in [3.05, 3.63) is 91.5 Å². The van der Waals surface area contributed by atoms with Crippen molar-refractivity contribution in [1.29, 1.82) is 0 Å². The number of fused-ring (bicyclic) bond motifs is 1. The van der Waals surface area contributed by atoms with Crippen molar-refractivity contribution in [3.8, 4) is 5.75 Å². The van der Waals surface area contributed by atoms with Crippen LogP contribution in [0.25, 0.3) is 6.08 Å². The van der Waals surface area contributed by atoms with Crippen molar-refractivity contribution in [3.63, 3.8) is 0 Å². The van der Waals surface area contributed by atoms with Gasteiger partial charge in [-0.2, -0.15) is 0 Å². The van der Waals surface area contributed by atoms with E-state index in [0.29, 0.717) is 31.2 Å². The van der Waals surface area contributed by atoms with Crippen LogP contribution in [0.3, 0.4) is 0 Å². The Morgan fingerprint density at radius 3 is 2.69 bits per heavy atom. The lowest BCUT2D eigenvalue weighted by Gasteiger charge is -2.25. The minimum Gasteiger partial charge on any atom is -0.489 e. The molecule has 0 bridgehead atoms. The van der Waals surface area contributed by atoms with Crippen molar-refractivity contribution in [1.82, 2.24) is 4.57 Å². The Labute approximate surface area is 239 Å². The smallest absolute Gasteiger partial charge is 0.338 e. The maximum absolute atomic E-state index is 13.8. The Morgan fingerprint density at radius 2 is 2.06 bits per heavy atom. The largest absolute Gasteiger partial charge is 0.489 e. The third-order valence-electron chi connectivity index (χ3n) is 5.39. The van der Waals surface area contributed by atoms with Gasteiger partial charge in [0, 0.05) is 5.02 Å². The lowest BCUT2D eigenvalue weighted by Crippen LogP contribution is -2.40. The van der Waals surface area contributed by atoms with Gasteiger partial charge in [-0.3, -0.25) is 9.36 Å². The van der Waals surface area contributed by atoms with Crippen molar-refractivity contribution < 1.29 is 14.3 Å². The first-order valence-corrected chi connectivity index (χ1v) is 14.3. The summed E-state index contributed by atoms with van der Waals surface area (Å²) in [6.45, 7) is 7.64. The predicted octanol–water partition coefficient (Wildman–Crippen LogP) is 5.61. The normalized spacial score (nSPS) is 15.7. The Bertz CT molecular complexity index is 1540. The summed E-state index contributed by atoms with van der Waals surface area (Å²) in [4.78, 5) is 31.8. The van der Waals surface area contributed by atoms with Gasteiger partial charge in [-0.05, 0) is 102 Å². The number of carbonyl (C=O) groups is 1. The summed E-state index contributed by atoms with van der Waals surface area (Å²) in [5.74, 6) is 0.245. The maximum atomic E-state index is 13.8. The summed E-state index contributed by atoms with van der Waals surface area (Å²) >= 11 is 13.6. The zero-order valence-corrected chi connectivity index (χ0v) is 25.3. The average molecular weight is 702 g/mol. The van der Waals surface area contributed by atoms with E-state index in [0.717, 1.165) is 19.4 Å². The van der Waals surface area contributed by atoms with Crippen LogP contribution in [0.2, 0.25) is 5.02 Å². The fraction of sp³-hybridized carbons (Fsp3) is 0.269. The second-order valence-corrected chi connectivity index (χ2v) is 11.7. The molecule has 1 aliphatic rings. The van der Waals surface area contributed by atoms with Crippen molar-refractivity contribution in [2.24, 2.45) is 4.99 Å². The van der Waals surface area contributed by atoms with Gasteiger partial charge >= 0.3 is 5.97 Å². The number of esters is 1. The molecule has 0 amide bonds. The number of allylic oxidation sites excluding steroid dienone is 1. The van der Waals surface area contributed by atoms with Crippen LogP contribution in [0.4, 0.5) is 0 Å². The summed E-state index contributed by atoms with van der Waals surface area (Å²) in [5, 5.41) is 0.452. The number of halogens is 3. The van der Waals surface area contributed by atoms with Crippen LogP contribution in [-0.4, -0.2) is 23.2 Å². The van der Waals surface area contributed by atoms with E-state index in [9.17, 15) is 9.59 Å². The van der Waals surface area contributed by atoms with E-state index in [1.165, 1.54) is 15.9 Å². The number of hydrogen-bond donors (Lipinski definition) is 0. The van der Waals surface area contributed by atoms with Crippen LogP contribution < -0.4 is 19.6 Å². The number of carbonyl (C=O) groups excluding carboxylic acids is 1. The number of thiazole rings is 1. The molecule has 1 aliphatic heterocycles. The summed E-state index contributed by atoms with van der Waals surface area (Å²) in [6, 6.07) is 10.3. The van der Waals surface area contributed by atoms with Gasteiger partial charge in [0.2, 0.25) is 0 Å². The van der Waals surface area contributed by atoms with E-state index in [1.54, 1.807) is 19.9 Å². The second-order valence-electron chi connectivity index (χ2n) is 8.30. The molecule has 3 aromatic rings. The molecule has 6 nitrogen and oxygen atoms in total. The fourth-order valence-electron chi connectivity index (χ4n) is 3.95. The van der Waals surface area contributed by atoms with Crippen molar-refractivity contribution in [2.45, 2.75) is 39.8 Å². The highest BCUT2D eigenvalue weighted by atomic mass is 127. The molecule has 0 saturated heterocycles. The van der Waals surface area contributed by atoms with Crippen LogP contribution in [0.1, 0.15) is 44.9 Å². The van der Waals surface area contributed by atoms with Gasteiger partial charge in [0.25, 0.3) is 5.56 Å². The zero-order valence-electron chi connectivity index (χ0n) is 20.0. The topological polar surface area (TPSA) is 69.9 Å². The molecule has 2 aromatic carbocycles. The van der Waals surface area contributed by atoms with Gasteiger partial charge in [-0.25, -0.2) is 9.79 Å². The monoisotopic (exact) mass is 700 g/mol. The SMILES string of the molecule is CCOC(=O)C1=C(C)N=c2s/c(=C\c3cc(Br)c(OC(C)C)c(I)c3)c(=O)n2[C@@H]1c1ccccc1Cl. The fourth-order valence-corrected chi connectivity index (χ4v) is 6.95. The summed E-state index contributed by atoms with van der Waals surface area (Å²) < 4.78 is 15.0. The molecule has 1 atom stereocenters. The van der Waals surface area contributed by atoms with Gasteiger partial charge in [-0.15, -0.1) is 0 Å². The van der Waals surface area contributed by atoms with Crippen LogP contribution in [0.5, 0.6) is 5.75 Å². The van der Waals surface area contributed by atoms with E-state index in [-0.39, 0.29) is 18.3 Å². The molecule has 4 rings (SSSR count). The van der Waals surface area contributed by atoms with E-state index < -0.39 is 12.0 Å². The first-order valence-electron chi connectivity index (χ1n) is 11.2. The Balaban J connectivity index is 1.92. The van der Waals surface area contributed by atoms with E-state index in [1.807, 2.05) is 50.3 Å². The highest BCUT2D eigenvalue weighted by Crippen LogP contribution is 2.35. The molecule has 10 heteroatoms. The Hall–Kier alpha value is -1.95. The number of aromatic nitrogens is 1. The van der Waals surface area contributed by atoms with E-state index >= 15 is 0 Å². The minimum atomic E-state index is -0.746. The first kappa shape index (κ1) is 27.1. The Morgan fingerprint density at radius 1 is 1.33 bits per heavy atom. The number of nitrogens with zero attached hydrogens (tertiary/aromatic N) is 2. The van der Waals surface area contributed by atoms with Crippen LogP contribution in [-0.2, 0) is 9.53 Å². The highest BCUT2D eigenvalue weighted by molar-refractivity contribution is 14.1. The molecule has 0 aliphatic carbocycles. The van der Waals surface area contributed by atoms with Crippen molar-refractivity contribution >= 4 is 73.5 Å². The van der Waals surface area contributed by atoms with Gasteiger partial charge in [0.15, 0.2) is 4.80 Å². The molecule has 0 unspecified atom stereocenters. The number of hydrogen-bond acceptors (Lipinski definition) is 6. The predicted molar refractivity (Wildman–Crippen MR) is 154 cm³/mol. The van der Waals surface area contributed by atoms with Crippen molar-refractivity contribution in [2.75, 3.05) is 6.61 Å². The van der Waals surface area contributed by atoms with E-state index in [2.05, 4.69) is 43.5 Å². The van der Waals surface area contributed by atoms with E-state index in [4.69, 9.17) is 21.1 Å². The molecule has 0 radical (unpaired) electrons. The molecule has 0 spiro atoms. The molecule has 0 fully saturated rings.